The van der Waals surface area contributed by atoms with Crippen molar-refractivity contribution in [2.24, 2.45) is 5.92 Å². The van der Waals surface area contributed by atoms with E-state index in [1.165, 1.54) is 0 Å². The number of nitrogens with one attached hydrogen (secondary N) is 1. The van der Waals surface area contributed by atoms with Gasteiger partial charge in [0.15, 0.2) is 5.69 Å². The van der Waals surface area contributed by atoms with E-state index in [2.05, 4.69) is 20.2 Å². The van der Waals surface area contributed by atoms with Gasteiger partial charge in [-0.25, -0.2) is 9.97 Å². The number of nitrogen functional groups attached to an aromatic ring is 1. The highest BCUT2D eigenvalue weighted by Crippen LogP contribution is 2.36. The average molecular weight is 366 g/mol. The van der Waals surface area contributed by atoms with Crippen LogP contribution in [0.3, 0.4) is 0 Å². The molecule has 26 heavy (non-hydrogen) atoms. The molecule has 1 atom stereocenters. The summed E-state index contributed by atoms with van der Waals surface area (Å²) in [5.41, 5.74) is 6.94. The highest BCUT2D eigenvalue weighted by atomic mass is 19.4. The van der Waals surface area contributed by atoms with Crippen molar-refractivity contribution in [3.63, 3.8) is 0 Å². The lowest BCUT2D eigenvalue weighted by atomic mass is 9.85. The number of nitrogens with two attached hydrogens (primary N) is 1. The third-order valence-corrected chi connectivity index (χ3v) is 5.04. The van der Waals surface area contributed by atoms with Gasteiger partial charge in [0, 0.05) is 29.9 Å². The third-order valence-electron chi connectivity index (χ3n) is 5.04. The molecule has 2 aliphatic rings. The van der Waals surface area contributed by atoms with Crippen LogP contribution in [0.25, 0.3) is 0 Å². The second-order valence-electron chi connectivity index (χ2n) is 6.68. The fourth-order valence-corrected chi connectivity index (χ4v) is 3.71. The first kappa shape index (κ1) is 16.8. The summed E-state index contributed by atoms with van der Waals surface area (Å²) in [6.07, 6.45) is -1.32. The Kier molecular flexibility index (Phi) is 3.85. The Morgan fingerprint density at radius 2 is 2.15 bits per heavy atom. The number of aromatic amines is 1. The van der Waals surface area contributed by atoms with Crippen LogP contribution in [0.5, 0.6) is 0 Å². The van der Waals surface area contributed by atoms with Crippen LogP contribution in [0.2, 0.25) is 0 Å². The third kappa shape index (κ3) is 2.89. The average Bonchev–Trinajstić information content (AvgIpc) is 3.03. The van der Waals surface area contributed by atoms with E-state index in [0.717, 1.165) is 5.56 Å². The van der Waals surface area contributed by atoms with E-state index in [1.807, 2.05) is 0 Å². The van der Waals surface area contributed by atoms with Crippen molar-refractivity contribution in [3.05, 3.63) is 34.4 Å². The van der Waals surface area contributed by atoms with Gasteiger partial charge in [-0.1, -0.05) is 0 Å². The van der Waals surface area contributed by atoms with Gasteiger partial charge >= 0.3 is 6.18 Å². The Morgan fingerprint density at radius 3 is 2.92 bits per heavy atom. The lowest BCUT2D eigenvalue weighted by molar-refractivity contribution is -0.143. The molecular weight excluding hydrogens is 349 g/mol. The zero-order chi connectivity index (χ0) is 18.5. The molecule has 0 spiro atoms. The summed E-state index contributed by atoms with van der Waals surface area (Å²) in [5, 5.41) is 5.87. The van der Waals surface area contributed by atoms with Crippen molar-refractivity contribution in [1.29, 1.82) is 0 Å². The molecule has 7 nitrogen and oxygen atoms in total. The van der Waals surface area contributed by atoms with Gasteiger partial charge in [0.05, 0.1) is 12.2 Å². The predicted octanol–water partition coefficient (Wildman–Crippen LogP) is 1.49. The summed E-state index contributed by atoms with van der Waals surface area (Å²) in [6.45, 7) is 0.807. The highest BCUT2D eigenvalue weighted by molar-refractivity contribution is 5.80. The zero-order valence-electron chi connectivity index (χ0n) is 13.8. The molecule has 1 aliphatic carbocycles. The minimum absolute atomic E-state index is 0.0504. The van der Waals surface area contributed by atoms with Gasteiger partial charge < -0.3 is 10.6 Å². The fraction of sp³-hybridized carbons (Fsp3) is 0.500. The van der Waals surface area contributed by atoms with Gasteiger partial charge in [-0.15, -0.1) is 0 Å². The second kappa shape index (κ2) is 5.96. The Bertz CT molecular complexity index is 862. The molecule has 1 amide bonds. The molecule has 0 saturated heterocycles. The summed E-state index contributed by atoms with van der Waals surface area (Å²) in [5.74, 6) is -0.483. The van der Waals surface area contributed by atoms with Crippen molar-refractivity contribution in [3.8, 4) is 0 Å². The van der Waals surface area contributed by atoms with Crippen LogP contribution in [0.4, 0.5) is 19.1 Å². The number of nitrogens with zero attached hydrogens (tertiary/aromatic N) is 4. The highest BCUT2D eigenvalue weighted by Gasteiger charge is 2.41. The van der Waals surface area contributed by atoms with Crippen LogP contribution in [0, 0.1) is 5.92 Å². The number of carbonyl (C=O) groups excluding carboxylic acids is 1. The Morgan fingerprint density at radius 1 is 1.35 bits per heavy atom. The Hall–Kier alpha value is -2.65. The molecule has 3 heterocycles. The standard InChI is InChI=1S/C16H17F3N6O/c17-16(18,19)13-10-5-8(1-2-11(10)23-24-13)14(26)25-4-3-9-6-21-15(20)22-12(9)7-25/h6,8H,1-5,7H2,(H,23,24)(H2,20,21,22). The van der Waals surface area contributed by atoms with E-state index >= 15 is 0 Å². The van der Waals surface area contributed by atoms with Gasteiger partial charge in [-0.05, 0) is 31.2 Å². The number of carbonyl (C=O) groups is 1. The van der Waals surface area contributed by atoms with Crippen molar-refractivity contribution in [2.45, 2.75) is 38.4 Å². The first-order valence-corrected chi connectivity index (χ1v) is 8.35. The van der Waals surface area contributed by atoms with Crippen LogP contribution >= 0.6 is 0 Å². The summed E-state index contributed by atoms with van der Waals surface area (Å²) in [4.78, 5) is 22.7. The van der Waals surface area contributed by atoms with E-state index in [9.17, 15) is 18.0 Å². The predicted molar refractivity (Wildman–Crippen MR) is 84.7 cm³/mol. The number of fused-ring (bicyclic) bond motifs is 2. The minimum atomic E-state index is -4.52. The maximum absolute atomic E-state index is 13.1. The van der Waals surface area contributed by atoms with Crippen molar-refractivity contribution in [2.75, 3.05) is 12.3 Å². The molecule has 0 fully saturated rings. The van der Waals surface area contributed by atoms with E-state index in [1.54, 1.807) is 11.1 Å². The van der Waals surface area contributed by atoms with Crippen molar-refractivity contribution in [1.82, 2.24) is 25.1 Å². The molecule has 1 aliphatic heterocycles. The number of anilines is 1. The Labute approximate surface area is 146 Å². The van der Waals surface area contributed by atoms with E-state index in [-0.39, 0.29) is 23.8 Å². The summed E-state index contributed by atoms with van der Waals surface area (Å²) in [6, 6.07) is 0. The smallest absolute Gasteiger partial charge is 0.368 e. The minimum Gasteiger partial charge on any atom is -0.368 e. The molecule has 2 aromatic rings. The summed E-state index contributed by atoms with van der Waals surface area (Å²) < 4.78 is 39.3. The molecule has 0 aromatic carbocycles. The molecule has 3 N–H and O–H groups in total. The second-order valence-corrected chi connectivity index (χ2v) is 6.68. The molecule has 0 saturated carbocycles. The number of alkyl halides is 3. The number of hydrogen-bond donors (Lipinski definition) is 2. The lowest BCUT2D eigenvalue weighted by Crippen LogP contribution is -2.42. The van der Waals surface area contributed by atoms with E-state index in [4.69, 9.17) is 5.73 Å². The van der Waals surface area contributed by atoms with Crippen LogP contribution in [-0.4, -0.2) is 37.5 Å². The van der Waals surface area contributed by atoms with E-state index in [0.29, 0.717) is 43.7 Å². The quantitative estimate of drug-likeness (QED) is 0.796. The maximum atomic E-state index is 13.1. The first-order valence-electron chi connectivity index (χ1n) is 8.35. The molecule has 1 unspecified atom stereocenters. The SMILES string of the molecule is Nc1ncc2c(n1)CN(C(=O)C1CCc3[nH]nc(C(F)(F)F)c3C1)CC2. The van der Waals surface area contributed by atoms with Crippen molar-refractivity contribution < 1.29 is 18.0 Å². The van der Waals surface area contributed by atoms with E-state index < -0.39 is 17.8 Å². The fourth-order valence-electron chi connectivity index (χ4n) is 3.71. The number of hydrogen-bond acceptors (Lipinski definition) is 5. The number of rotatable bonds is 1. The molecule has 0 bridgehead atoms. The van der Waals surface area contributed by atoms with Crippen LogP contribution in [-0.2, 0) is 36.8 Å². The maximum Gasteiger partial charge on any atom is 0.435 e. The van der Waals surface area contributed by atoms with Crippen LogP contribution in [0.15, 0.2) is 6.20 Å². The molecule has 138 valence electrons. The van der Waals surface area contributed by atoms with Gasteiger partial charge in [-0.2, -0.15) is 18.3 Å². The summed E-state index contributed by atoms with van der Waals surface area (Å²) in [7, 11) is 0. The first-order chi connectivity index (χ1) is 12.3. The number of amides is 1. The number of halogens is 3. The van der Waals surface area contributed by atoms with Gasteiger partial charge in [0.2, 0.25) is 11.9 Å². The number of aromatic nitrogens is 4. The normalized spacial score (nSPS) is 19.8. The molecular formula is C16H17F3N6O. The van der Waals surface area contributed by atoms with Crippen LogP contribution < -0.4 is 5.73 Å². The molecule has 4 rings (SSSR count). The number of aryl methyl sites for hydroxylation is 1. The van der Waals surface area contributed by atoms with Gasteiger partial charge in [-0.3, -0.25) is 9.89 Å². The molecule has 10 heteroatoms. The molecule has 2 aromatic heterocycles. The van der Waals surface area contributed by atoms with Crippen molar-refractivity contribution >= 4 is 11.9 Å². The number of H-pyrrole nitrogens is 1. The summed E-state index contributed by atoms with van der Waals surface area (Å²) >= 11 is 0. The lowest BCUT2D eigenvalue weighted by Gasteiger charge is -2.32. The largest absolute Gasteiger partial charge is 0.435 e. The molecule has 0 radical (unpaired) electrons. The van der Waals surface area contributed by atoms with Gasteiger partial charge in [0.1, 0.15) is 0 Å². The Balaban J connectivity index is 1.53. The van der Waals surface area contributed by atoms with Gasteiger partial charge in [0.25, 0.3) is 0 Å². The monoisotopic (exact) mass is 366 g/mol. The topological polar surface area (TPSA) is 101 Å². The van der Waals surface area contributed by atoms with Crippen LogP contribution in [0.1, 0.15) is 34.6 Å². The zero-order valence-corrected chi connectivity index (χ0v) is 13.8.